The van der Waals surface area contributed by atoms with Gasteiger partial charge in [-0.05, 0) is 46.3 Å². The van der Waals surface area contributed by atoms with E-state index in [0.717, 1.165) is 0 Å². The molecule has 0 radical (unpaired) electrons. The van der Waals surface area contributed by atoms with E-state index in [1.165, 1.54) is 31.4 Å². The number of halogens is 3. The molecule has 6 heteroatoms. The maximum absolute atomic E-state index is 13.1. The van der Waals surface area contributed by atoms with Gasteiger partial charge in [-0.15, -0.1) is 0 Å². The van der Waals surface area contributed by atoms with Gasteiger partial charge in [0.05, 0.1) is 16.6 Å². The summed E-state index contributed by atoms with van der Waals surface area (Å²) in [5.74, 6) is 0.0498. The second-order valence-corrected chi connectivity index (χ2v) is 5.40. The highest BCUT2D eigenvalue weighted by Crippen LogP contribution is 2.27. The molecule has 0 saturated heterocycles. The van der Waals surface area contributed by atoms with Crippen molar-refractivity contribution < 1.29 is 18.7 Å². The third kappa shape index (κ3) is 3.95. The number of hydrogen-bond acceptors (Lipinski definition) is 3. The summed E-state index contributed by atoms with van der Waals surface area (Å²) in [6.45, 7) is -0.218. The molecule has 21 heavy (non-hydrogen) atoms. The molecule has 0 aromatic heterocycles. The van der Waals surface area contributed by atoms with Crippen LogP contribution >= 0.6 is 27.5 Å². The van der Waals surface area contributed by atoms with Crippen LogP contribution in [0.5, 0.6) is 11.5 Å². The van der Waals surface area contributed by atoms with Crippen LogP contribution in [-0.4, -0.2) is 19.5 Å². The summed E-state index contributed by atoms with van der Waals surface area (Å²) < 4.78 is 24.0. The maximum Gasteiger partial charge on any atom is 0.200 e. The first kappa shape index (κ1) is 15.8. The van der Waals surface area contributed by atoms with Crippen molar-refractivity contribution in [2.75, 3.05) is 13.7 Å². The first-order valence-electron chi connectivity index (χ1n) is 5.96. The average Bonchev–Trinajstić information content (AvgIpc) is 2.47. The van der Waals surface area contributed by atoms with Crippen molar-refractivity contribution >= 4 is 33.3 Å². The van der Waals surface area contributed by atoms with E-state index in [9.17, 15) is 9.18 Å². The summed E-state index contributed by atoms with van der Waals surface area (Å²) in [4.78, 5) is 12.0. The number of methoxy groups -OCH3 is 1. The van der Waals surface area contributed by atoms with Crippen molar-refractivity contribution in [1.29, 1.82) is 0 Å². The average molecular weight is 374 g/mol. The normalized spacial score (nSPS) is 10.3. The fourth-order valence-electron chi connectivity index (χ4n) is 1.65. The lowest BCUT2D eigenvalue weighted by atomic mass is 10.1. The van der Waals surface area contributed by atoms with Gasteiger partial charge in [-0.3, -0.25) is 4.79 Å². The van der Waals surface area contributed by atoms with Crippen molar-refractivity contribution in [1.82, 2.24) is 0 Å². The number of benzene rings is 2. The van der Waals surface area contributed by atoms with Crippen LogP contribution in [0, 0.1) is 5.82 Å². The first-order chi connectivity index (χ1) is 10.0. The second-order valence-electron chi connectivity index (χ2n) is 4.14. The topological polar surface area (TPSA) is 35.5 Å². The van der Waals surface area contributed by atoms with E-state index in [-0.39, 0.29) is 18.1 Å². The van der Waals surface area contributed by atoms with E-state index < -0.39 is 5.82 Å². The molecule has 0 spiro atoms. The van der Waals surface area contributed by atoms with Gasteiger partial charge in [0.2, 0.25) is 0 Å². The fraction of sp³-hybridized carbons (Fsp3) is 0.133. The molecule has 0 atom stereocenters. The van der Waals surface area contributed by atoms with Gasteiger partial charge in [0.15, 0.2) is 12.4 Å². The minimum atomic E-state index is -0.437. The Balaban J connectivity index is 2.08. The van der Waals surface area contributed by atoms with Crippen LogP contribution in [-0.2, 0) is 0 Å². The quantitative estimate of drug-likeness (QED) is 0.723. The molecule has 0 aliphatic carbocycles. The van der Waals surface area contributed by atoms with Crippen molar-refractivity contribution in [2.24, 2.45) is 0 Å². The lowest BCUT2D eigenvalue weighted by Crippen LogP contribution is -2.12. The van der Waals surface area contributed by atoms with Crippen LogP contribution < -0.4 is 9.47 Å². The molecule has 2 rings (SSSR count). The van der Waals surface area contributed by atoms with Gasteiger partial charge in [0.25, 0.3) is 0 Å². The first-order valence-corrected chi connectivity index (χ1v) is 7.13. The molecule has 2 aromatic carbocycles. The van der Waals surface area contributed by atoms with Crippen LogP contribution in [0.25, 0.3) is 0 Å². The highest BCUT2D eigenvalue weighted by molar-refractivity contribution is 9.10. The SMILES string of the molecule is COc1ccc(C(=O)COc2cc(F)ccc2Br)cc1Cl. The molecule has 0 aliphatic rings. The van der Waals surface area contributed by atoms with Crippen LogP contribution in [0.3, 0.4) is 0 Å². The zero-order valence-electron chi connectivity index (χ0n) is 11.0. The number of hydrogen-bond donors (Lipinski definition) is 0. The predicted molar refractivity (Wildman–Crippen MR) is 81.9 cm³/mol. The number of carbonyl (C=O) groups excluding carboxylic acids is 1. The number of ketones is 1. The van der Waals surface area contributed by atoms with Gasteiger partial charge in [0.1, 0.15) is 17.3 Å². The molecule has 0 amide bonds. The molecule has 0 fully saturated rings. The Morgan fingerprint density at radius 3 is 2.67 bits per heavy atom. The zero-order chi connectivity index (χ0) is 15.4. The number of Topliss-reactive ketones (excluding diaryl/α,β-unsaturated/α-hetero) is 1. The van der Waals surface area contributed by atoms with E-state index in [2.05, 4.69) is 15.9 Å². The Kier molecular flexibility index (Phi) is 5.20. The molecule has 0 aliphatic heterocycles. The maximum atomic E-state index is 13.1. The Labute approximate surface area is 134 Å². The summed E-state index contributed by atoms with van der Waals surface area (Å²) in [6, 6.07) is 8.72. The van der Waals surface area contributed by atoms with Gasteiger partial charge in [0, 0.05) is 11.6 Å². The summed E-state index contributed by atoms with van der Waals surface area (Å²) >= 11 is 9.19. The molecule has 0 N–H and O–H groups in total. The highest BCUT2D eigenvalue weighted by atomic mass is 79.9. The van der Waals surface area contributed by atoms with Crippen LogP contribution in [0.4, 0.5) is 4.39 Å². The van der Waals surface area contributed by atoms with Crippen LogP contribution in [0.2, 0.25) is 5.02 Å². The van der Waals surface area contributed by atoms with Crippen LogP contribution in [0.1, 0.15) is 10.4 Å². The minimum Gasteiger partial charge on any atom is -0.495 e. The van der Waals surface area contributed by atoms with E-state index in [4.69, 9.17) is 21.1 Å². The lowest BCUT2D eigenvalue weighted by Gasteiger charge is -2.09. The Morgan fingerprint density at radius 1 is 1.24 bits per heavy atom. The Morgan fingerprint density at radius 2 is 2.00 bits per heavy atom. The van der Waals surface area contributed by atoms with Gasteiger partial charge in [-0.1, -0.05) is 11.6 Å². The second kappa shape index (κ2) is 6.91. The number of rotatable bonds is 5. The highest BCUT2D eigenvalue weighted by Gasteiger charge is 2.11. The molecule has 3 nitrogen and oxygen atoms in total. The Bertz CT molecular complexity index is 676. The Hall–Kier alpha value is -1.59. The van der Waals surface area contributed by atoms with Gasteiger partial charge >= 0.3 is 0 Å². The standard InChI is InChI=1S/C15H11BrClFO3/c1-20-14-5-2-9(6-12(14)17)13(19)8-21-15-7-10(18)3-4-11(15)16/h2-7H,8H2,1H3. The summed E-state index contributed by atoms with van der Waals surface area (Å²) in [7, 11) is 1.49. The van der Waals surface area contributed by atoms with Gasteiger partial charge in [-0.25, -0.2) is 4.39 Å². The van der Waals surface area contributed by atoms with Crippen molar-refractivity contribution in [3.05, 3.63) is 57.3 Å². The van der Waals surface area contributed by atoms with Crippen molar-refractivity contribution in [3.63, 3.8) is 0 Å². The zero-order valence-corrected chi connectivity index (χ0v) is 13.4. The minimum absolute atomic E-state index is 0.218. The molecule has 110 valence electrons. The summed E-state index contributed by atoms with van der Waals surface area (Å²) in [5.41, 5.74) is 0.397. The lowest BCUT2D eigenvalue weighted by molar-refractivity contribution is 0.0920. The molecule has 0 bridgehead atoms. The molecule has 2 aromatic rings. The smallest absolute Gasteiger partial charge is 0.200 e. The largest absolute Gasteiger partial charge is 0.495 e. The van der Waals surface area contributed by atoms with Crippen LogP contribution in [0.15, 0.2) is 40.9 Å². The molecule has 0 saturated carbocycles. The predicted octanol–water partition coefficient (Wildman–Crippen LogP) is 4.51. The molecule has 0 heterocycles. The summed E-state index contributed by atoms with van der Waals surface area (Å²) in [5, 5.41) is 0.343. The van der Waals surface area contributed by atoms with Gasteiger partial charge < -0.3 is 9.47 Å². The summed E-state index contributed by atoms with van der Waals surface area (Å²) in [6.07, 6.45) is 0. The number of carbonyl (C=O) groups is 1. The van der Waals surface area contributed by atoms with E-state index in [1.54, 1.807) is 12.1 Å². The number of ether oxygens (including phenoxy) is 2. The molecular weight excluding hydrogens is 363 g/mol. The van der Waals surface area contributed by atoms with Crippen molar-refractivity contribution in [2.45, 2.75) is 0 Å². The third-order valence-corrected chi connectivity index (χ3v) is 3.68. The van der Waals surface area contributed by atoms with Gasteiger partial charge in [-0.2, -0.15) is 0 Å². The molecule has 0 unspecified atom stereocenters. The van der Waals surface area contributed by atoms with E-state index in [0.29, 0.717) is 20.8 Å². The van der Waals surface area contributed by atoms with Crippen molar-refractivity contribution in [3.8, 4) is 11.5 Å². The monoisotopic (exact) mass is 372 g/mol. The fourth-order valence-corrected chi connectivity index (χ4v) is 2.27. The molecular formula is C15H11BrClFO3. The third-order valence-electron chi connectivity index (χ3n) is 2.73. The van der Waals surface area contributed by atoms with E-state index in [1.807, 2.05) is 0 Å². The van der Waals surface area contributed by atoms with E-state index >= 15 is 0 Å².